The van der Waals surface area contributed by atoms with Crippen molar-refractivity contribution in [3.63, 3.8) is 0 Å². The summed E-state index contributed by atoms with van der Waals surface area (Å²) in [4.78, 5) is 23.5. The number of carbonyl (C=O) groups is 2. The summed E-state index contributed by atoms with van der Waals surface area (Å²) in [6.07, 6.45) is 5.44. The molecule has 0 radical (unpaired) electrons. The first kappa shape index (κ1) is 20.7. The molecule has 0 spiro atoms. The van der Waals surface area contributed by atoms with E-state index in [1.807, 2.05) is 6.08 Å². The van der Waals surface area contributed by atoms with Gasteiger partial charge in [0.15, 0.2) is 0 Å². The van der Waals surface area contributed by atoms with Crippen LogP contribution in [0.4, 0.5) is 0 Å². The molecule has 0 N–H and O–H groups in total. The summed E-state index contributed by atoms with van der Waals surface area (Å²) in [5, 5.41) is 0. The molecule has 0 aromatic carbocycles. The van der Waals surface area contributed by atoms with Gasteiger partial charge in [-0.3, -0.25) is 0 Å². The van der Waals surface area contributed by atoms with Gasteiger partial charge in [0.05, 0.1) is 0 Å². The molecule has 6 nitrogen and oxygen atoms in total. The van der Waals surface area contributed by atoms with E-state index in [2.05, 4.69) is 13.8 Å². The van der Waals surface area contributed by atoms with E-state index in [1.54, 1.807) is 0 Å². The molecule has 0 amide bonds. The van der Waals surface area contributed by atoms with Gasteiger partial charge in [-0.25, -0.2) is 0 Å². The number of hydrogen-bond acceptors (Lipinski definition) is 6. The minimum atomic E-state index is -3.22. The molecule has 0 bridgehead atoms. The van der Waals surface area contributed by atoms with Crippen LogP contribution in [0.25, 0.3) is 0 Å². The van der Waals surface area contributed by atoms with Crippen molar-refractivity contribution in [1.29, 1.82) is 0 Å². The van der Waals surface area contributed by atoms with Gasteiger partial charge >= 0.3 is 155 Å². The summed E-state index contributed by atoms with van der Waals surface area (Å²) in [5.41, 5.74) is 0.506. The van der Waals surface area contributed by atoms with E-state index < -0.39 is 31.3 Å². The van der Waals surface area contributed by atoms with Gasteiger partial charge in [0.1, 0.15) is 0 Å². The van der Waals surface area contributed by atoms with Crippen molar-refractivity contribution < 1.29 is 25.2 Å². The Morgan fingerprint density at radius 1 is 1.20 bits per heavy atom. The van der Waals surface area contributed by atoms with Crippen molar-refractivity contribution in [2.75, 3.05) is 7.11 Å². The topological polar surface area (TPSA) is 71.1 Å². The fourth-order valence-electron chi connectivity index (χ4n) is 3.53. The van der Waals surface area contributed by atoms with E-state index >= 15 is 0 Å². The second kappa shape index (κ2) is 9.37. The van der Waals surface area contributed by atoms with Crippen molar-refractivity contribution >= 4 is 31.1 Å². The summed E-state index contributed by atoms with van der Waals surface area (Å²) < 4.78 is 25.4. The van der Waals surface area contributed by atoms with Gasteiger partial charge < -0.3 is 0 Å². The molecule has 1 heterocycles. The molecule has 3 atom stereocenters. The molecule has 1 aliphatic heterocycles. The molecule has 142 valence electrons. The Hall–Kier alpha value is -0.601. The van der Waals surface area contributed by atoms with Crippen molar-refractivity contribution in [3.05, 3.63) is 11.6 Å². The molecule has 0 saturated carbocycles. The van der Waals surface area contributed by atoms with Crippen LogP contribution in [0.15, 0.2) is 11.6 Å². The standard InChI is InChI=1S/C10H12O6.2C4H9.Sn/c1-5(11)16-8-4-6(10(14)15-2)3-7(12)9(8)13;2*1-3-4-2;/h3,7-9H,4H2,1-2H3;2*1,3-4H2,2H3;/q-2;;;+2/t7-,8-,9-;;;/m1.../s1. The van der Waals surface area contributed by atoms with Gasteiger partial charge in [-0.15, -0.1) is 0 Å². The molecule has 0 aromatic rings. The van der Waals surface area contributed by atoms with E-state index in [9.17, 15) is 9.59 Å². The quantitative estimate of drug-likeness (QED) is 0.409. The Kier molecular flexibility index (Phi) is 7.76. The number of unbranched alkanes of at least 4 members (excludes halogenated alkanes) is 2. The van der Waals surface area contributed by atoms with Crippen LogP contribution in [0.2, 0.25) is 8.87 Å². The molecule has 2 aliphatic rings. The van der Waals surface area contributed by atoms with E-state index in [0.29, 0.717) is 12.0 Å². The Morgan fingerprint density at radius 3 is 2.36 bits per heavy atom. The summed E-state index contributed by atoms with van der Waals surface area (Å²) in [5.74, 6) is -0.762. The average molecular weight is 461 g/mol. The summed E-state index contributed by atoms with van der Waals surface area (Å²) in [7, 11) is 1.36. The van der Waals surface area contributed by atoms with Crippen molar-refractivity contribution in [3.8, 4) is 0 Å². The van der Waals surface area contributed by atoms with Crippen LogP contribution in [-0.4, -0.2) is 56.6 Å². The van der Waals surface area contributed by atoms with Crippen LogP contribution in [0, 0.1) is 0 Å². The molecule has 7 heteroatoms. The van der Waals surface area contributed by atoms with E-state index in [-0.39, 0.29) is 18.2 Å². The second-order valence-electron chi connectivity index (χ2n) is 6.82. The van der Waals surface area contributed by atoms with Gasteiger partial charge in [-0.1, -0.05) is 0 Å². The Bertz CT molecular complexity index is 510. The SMILES string of the molecule is CCC[CH2][Sn]1([CH2]CCC)[O][C@@H]2[C@@H](C=C(C(=O)OC)C[C@H]2OC(C)=O)[O]1. The molecule has 1 aliphatic carbocycles. The number of ether oxygens (including phenoxy) is 2. The number of methoxy groups -OCH3 is 1. The molecule has 1 saturated heterocycles. The zero-order valence-corrected chi connectivity index (χ0v) is 18.6. The van der Waals surface area contributed by atoms with Crippen LogP contribution in [0.1, 0.15) is 52.9 Å². The summed E-state index contributed by atoms with van der Waals surface area (Å²) in [6.45, 7) is 5.71. The molecule has 0 aromatic heterocycles. The minimum absolute atomic E-state index is 0.290. The molecule has 25 heavy (non-hydrogen) atoms. The Morgan fingerprint density at radius 2 is 1.84 bits per heavy atom. The van der Waals surface area contributed by atoms with Crippen LogP contribution in [-0.2, 0) is 25.2 Å². The predicted molar refractivity (Wildman–Crippen MR) is 95.2 cm³/mol. The van der Waals surface area contributed by atoms with Crippen molar-refractivity contribution in [2.45, 2.75) is 80.1 Å². The van der Waals surface area contributed by atoms with E-state index in [4.69, 9.17) is 15.6 Å². The van der Waals surface area contributed by atoms with Crippen molar-refractivity contribution in [2.24, 2.45) is 0 Å². The zero-order chi connectivity index (χ0) is 18.4. The first-order valence-corrected chi connectivity index (χ1v) is 15.6. The van der Waals surface area contributed by atoms with Crippen LogP contribution in [0.5, 0.6) is 0 Å². The Balaban J connectivity index is 2.25. The van der Waals surface area contributed by atoms with Gasteiger partial charge in [0, 0.05) is 0 Å². The predicted octanol–water partition coefficient (Wildman–Crippen LogP) is 3.25. The van der Waals surface area contributed by atoms with E-state index in [0.717, 1.165) is 34.6 Å². The number of hydrogen-bond donors (Lipinski definition) is 0. The number of fused-ring (bicyclic) bond motifs is 1. The number of rotatable bonds is 8. The van der Waals surface area contributed by atoms with Crippen LogP contribution in [0.3, 0.4) is 0 Å². The Labute approximate surface area is 155 Å². The number of esters is 2. The maximum atomic E-state index is 12.0. The zero-order valence-electron chi connectivity index (χ0n) is 15.7. The van der Waals surface area contributed by atoms with Gasteiger partial charge in [0.25, 0.3) is 0 Å². The fraction of sp³-hybridized carbons (Fsp3) is 0.778. The maximum absolute atomic E-state index is 12.0. The first-order chi connectivity index (χ1) is 11.9. The van der Waals surface area contributed by atoms with E-state index in [1.165, 1.54) is 14.0 Å². The molecule has 1 fully saturated rings. The average Bonchev–Trinajstić information content (AvgIpc) is 2.96. The first-order valence-electron chi connectivity index (χ1n) is 9.26. The molecule has 2 rings (SSSR count). The van der Waals surface area contributed by atoms with Crippen LogP contribution >= 0.6 is 0 Å². The van der Waals surface area contributed by atoms with Gasteiger partial charge in [-0.2, -0.15) is 0 Å². The monoisotopic (exact) mass is 462 g/mol. The molecular formula is C18H30O6Sn. The fourth-order valence-corrected chi connectivity index (χ4v) is 15.1. The third kappa shape index (κ3) is 5.20. The molecular weight excluding hydrogens is 431 g/mol. The molecule has 0 unspecified atom stereocenters. The third-order valence-corrected chi connectivity index (χ3v) is 15.1. The summed E-state index contributed by atoms with van der Waals surface area (Å²) >= 11 is -3.22. The normalized spacial score (nSPS) is 27.4. The summed E-state index contributed by atoms with van der Waals surface area (Å²) in [6, 6.07) is 0. The van der Waals surface area contributed by atoms with Crippen molar-refractivity contribution in [1.82, 2.24) is 0 Å². The van der Waals surface area contributed by atoms with Crippen LogP contribution < -0.4 is 0 Å². The third-order valence-electron chi connectivity index (χ3n) is 4.77. The second-order valence-corrected chi connectivity index (χ2v) is 16.2. The van der Waals surface area contributed by atoms with Gasteiger partial charge in [-0.05, 0) is 0 Å². The number of carbonyl (C=O) groups excluding carboxylic acids is 2. The van der Waals surface area contributed by atoms with Gasteiger partial charge in [0.2, 0.25) is 0 Å².